The van der Waals surface area contributed by atoms with Crippen LogP contribution in [-0.2, 0) is 0 Å². The van der Waals surface area contributed by atoms with Crippen LogP contribution in [0.3, 0.4) is 0 Å². The predicted molar refractivity (Wildman–Crippen MR) is 42.1 cm³/mol. The molecule has 0 spiro atoms. The molecule has 0 aromatic heterocycles. The fourth-order valence-electron chi connectivity index (χ4n) is 0.734. The van der Waals surface area contributed by atoms with Crippen LogP contribution in [0.2, 0.25) is 0 Å². The van der Waals surface area contributed by atoms with E-state index in [-0.39, 0.29) is 0 Å². The first kappa shape index (κ1) is 8.67. The summed E-state index contributed by atoms with van der Waals surface area (Å²) < 4.78 is 0. The van der Waals surface area contributed by atoms with E-state index >= 15 is 0 Å². The molecule has 0 bridgehead atoms. The molecule has 0 heterocycles. The summed E-state index contributed by atoms with van der Waals surface area (Å²) >= 11 is 0. The molecule has 0 radical (unpaired) electrons. The van der Waals surface area contributed by atoms with Crippen LogP contribution in [0.25, 0.3) is 0 Å². The molecule has 9 heavy (non-hydrogen) atoms. The van der Waals surface area contributed by atoms with Gasteiger partial charge in [-0.05, 0) is 30.9 Å². The van der Waals surface area contributed by atoms with Gasteiger partial charge in [-0.3, -0.25) is 0 Å². The lowest BCUT2D eigenvalue weighted by atomic mass is 9.90. The van der Waals surface area contributed by atoms with E-state index in [2.05, 4.69) is 20.8 Å². The van der Waals surface area contributed by atoms with Gasteiger partial charge in [0, 0.05) is 0 Å². The lowest BCUT2D eigenvalue weighted by Crippen LogP contribution is -2.03. The summed E-state index contributed by atoms with van der Waals surface area (Å²) in [6.07, 6.45) is 4.82. The van der Waals surface area contributed by atoms with Gasteiger partial charge in [0.2, 0.25) is 0 Å². The van der Waals surface area contributed by atoms with Gasteiger partial charge in [0.25, 0.3) is 0 Å². The summed E-state index contributed by atoms with van der Waals surface area (Å²) in [6, 6.07) is 0. The maximum atomic E-state index is 6.79. The molecule has 0 saturated heterocycles. The molecule has 0 atom stereocenters. The standard InChI is InChI=1S/C8H17N/c1-8(2,3)6-4-5-7-9/h7,9H,4-6H2,1-3H3. The van der Waals surface area contributed by atoms with Crippen LogP contribution in [0.15, 0.2) is 0 Å². The third kappa shape index (κ3) is 7.67. The molecule has 1 heteroatoms. The Labute approximate surface area is 58.0 Å². The van der Waals surface area contributed by atoms with E-state index in [9.17, 15) is 0 Å². The highest BCUT2D eigenvalue weighted by atomic mass is 14.3. The van der Waals surface area contributed by atoms with Gasteiger partial charge in [0.1, 0.15) is 0 Å². The number of unbranched alkanes of at least 4 members (excludes halogenated alkanes) is 1. The maximum absolute atomic E-state index is 6.79. The van der Waals surface area contributed by atoms with E-state index in [1.54, 1.807) is 0 Å². The summed E-state index contributed by atoms with van der Waals surface area (Å²) in [5, 5.41) is 6.79. The zero-order valence-corrected chi connectivity index (χ0v) is 6.70. The molecule has 0 saturated carbocycles. The third-order valence-corrected chi connectivity index (χ3v) is 1.28. The summed E-state index contributed by atoms with van der Waals surface area (Å²) in [5.41, 5.74) is 0.447. The van der Waals surface area contributed by atoms with Crippen LogP contribution in [0.5, 0.6) is 0 Å². The minimum atomic E-state index is 0.447. The Balaban J connectivity index is 3.17. The normalized spacial score (nSPS) is 11.4. The van der Waals surface area contributed by atoms with E-state index in [0.717, 1.165) is 12.8 Å². The van der Waals surface area contributed by atoms with Crippen LogP contribution < -0.4 is 0 Å². The molecular weight excluding hydrogens is 110 g/mol. The Bertz CT molecular complexity index is 79.1. The Morgan fingerprint density at radius 1 is 1.33 bits per heavy atom. The van der Waals surface area contributed by atoms with Gasteiger partial charge < -0.3 is 5.41 Å². The number of rotatable bonds is 3. The van der Waals surface area contributed by atoms with Crippen LogP contribution >= 0.6 is 0 Å². The monoisotopic (exact) mass is 127 g/mol. The molecule has 1 nitrogen and oxygen atoms in total. The van der Waals surface area contributed by atoms with E-state index in [1.807, 2.05) is 0 Å². The highest BCUT2D eigenvalue weighted by Gasteiger charge is 2.07. The van der Waals surface area contributed by atoms with Gasteiger partial charge in [-0.15, -0.1) is 0 Å². The summed E-state index contributed by atoms with van der Waals surface area (Å²) in [6.45, 7) is 6.70. The van der Waals surface area contributed by atoms with Crippen LogP contribution in [0, 0.1) is 10.8 Å². The van der Waals surface area contributed by atoms with Crippen molar-refractivity contribution in [1.29, 1.82) is 5.41 Å². The molecule has 0 aromatic carbocycles. The summed E-state index contributed by atoms with van der Waals surface area (Å²) in [5.74, 6) is 0. The van der Waals surface area contributed by atoms with Crippen molar-refractivity contribution in [3.05, 3.63) is 0 Å². The molecule has 0 aliphatic rings. The lowest BCUT2D eigenvalue weighted by molar-refractivity contribution is 0.369. The SMILES string of the molecule is CC(C)(C)CCCC=N. The minimum absolute atomic E-state index is 0.447. The molecule has 0 aliphatic heterocycles. The van der Waals surface area contributed by atoms with Crippen molar-refractivity contribution in [3.8, 4) is 0 Å². The molecule has 0 unspecified atom stereocenters. The lowest BCUT2D eigenvalue weighted by Gasteiger charge is -2.16. The van der Waals surface area contributed by atoms with E-state index < -0.39 is 0 Å². The fourth-order valence-corrected chi connectivity index (χ4v) is 0.734. The summed E-state index contributed by atoms with van der Waals surface area (Å²) in [4.78, 5) is 0. The topological polar surface area (TPSA) is 23.9 Å². The smallest absolute Gasteiger partial charge is 0.00477 e. The van der Waals surface area contributed by atoms with Crippen molar-refractivity contribution in [2.45, 2.75) is 40.0 Å². The van der Waals surface area contributed by atoms with Crippen LogP contribution in [0.1, 0.15) is 40.0 Å². The Morgan fingerprint density at radius 3 is 2.22 bits per heavy atom. The van der Waals surface area contributed by atoms with Crippen LogP contribution in [-0.4, -0.2) is 6.21 Å². The fraction of sp³-hybridized carbons (Fsp3) is 0.875. The molecule has 0 amide bonds. The van der Waals surface area contributed by atoms with Gasteiger partial charge >= 0.3 is 0 Å². The van der Waals surface area contributed by atoms with Crippen molar-refractivity contribution in [2.75, 3.05) is 0 Å². The first-order chi connectivity index (χ1) is 4.06. The van der Waals surface area contributed by atoms with E-state index in [1.165, 1.54) is 12.6 Å². The molecule has 0 aliphatic carbocycles. The molecule has 0 aromatic rings. The second-order valence-electron chi connectivity index (χ2n) is 3.66. The number of hydrogen-bond acceptors (Lipinski definition) is 1. The minimum Gasteiger partial charge on any atom is -0.313 e. The van der Waals surface area contributed by atoms with E-state index in [4.69, 9.17) is 5.41 Å². The van der Waals surface area contributed by atoms with Crippen molar-refractivity contribution in [2.24, 2.45) is 5.41 Å². The van der Waals surface area contributed by atoms with Gasteiger partial charge in [-0.2, -0.15) is 0 Å². The zero-order valence-electron chi connectivity index (χ0n) is 6.70. The second kappa shape index (κ2) is 3.65. The molecule has 0 fully saturated rings. The Morgan fingerprint density at radius 2 is 1.89 bits per heavy atom. The van der Waals surface area contributed by atoms with Crippen molar-refractivity contribution < 1.29 is 0 Å². The molecular formula is C8H17N. The Hall–Kier alpha value is -0.330. The highest BCUT2D eigenvalue weighted by Crippen LogP contribution is 2.20. The van der Waals surface area contributed by atoms with Crippen molar-refractivity contribution >= 4 is 6.21 Å². The number of nitrogens with one attached hydrogen (secondary N) is 1. The van der Waals surface area contributed by atoms with Crippen molar-refractivity contribution in [1.82, 2.24) is 0 Å². The van der Waals surface area contributed by atoms with Gasteiger partial charge in [-0.25, -0.2) is 0 Å². The van der Waals surface area contributed by atoms with Crippen molar-refractivity contribution in [3.63, 3.8) is 0 Å². The van der Waals surface area contributed by atoms with E-state index in [0.29, 0.717) is 5.41 Å². The van der Waals surface area contributed by atoms with Gasteiger partial charge in [0.05, 0.1) is 0 Å². The largest absolute Gasteiger partial charge is 0.313 e. The zero-order chi connectivity index (χ0) is 7.33. The Kier molecular flexibility index (Phi) is 3.52. The second-order valence-corrected chi connectivity index (χ2v) is 3.66. The number of hydrogen-bond donors (Lipinski definition) is 1. The quantitative estimate of drug-likeness (QED) is 0.445. The molecule has 54 valence electrons. The first-order valence-electron chi connectivity index (χ1n) is 3.55. The molecule has 1 N–H and O–H groups in total. The average molecular weight is 127 g/mol. The molecule has 0 rings (SSSR count). The van der Waals surface area contributed by atoms with Gasteiger partial charge in [0.15, 0.2) is 0 Å². The third-order valence-electron chi connectivity index (χ3n) is 1.28. The summed E-state index contributed by atoms with van der Waals surface area (Å²) in [7, 11) is 0. The van der Waals surface area contributed by atoms with Gasteiger partial charge in [-0.1, -0.05) is 20.8 Å². The maximum Gasteiger partial charge on any atom is -0.00477 e. The van der Waals surface area contributed by atoms with Crippen LogP contribution in [0.4, 0.5) is 0 Å². The highest BCUT2D eigenvalue weighted by molar-refractivity contribution is 5.52. The predicted octanol–water partition coefficient (Wildman–Crippen LogP) is 2.85. The average Bonchev–Trinajstić information content (AvgIpc) is 1.63. The first-order valence-corrected chi connectivity index (χ1v) is 3.55.